The van der Waals surface area contributed by atoms with Gasteiger partial charge in [0, 0.05) is 19.0 Å². The molecule has 1 saturated carbocycles. The van der Waals surface area contributed by atoms with Gasteiger partial charge in [0.25, 0.3) is 0 Å². The van der Waals surface area contributed by atoms with Gasteiger partial charge in [-0.25, -0.2) is 4.79 Å². The molecule has 5 heteroatoms. The van der Waals surface area contributed by atoms with E-state index in [9.17, 15) is 14.7 Å². The second kappa shape index (κ2) is 6.12. The molecule has 27 heavy (non-hydrogen) atoms. The third kappa shape index (κ3) is 2.52. The SMILES string of the molecule is O=C(O)[C@@H]1C[C@H]2CN(C(=O)OCC3c4ccccc4-c4ccccc43)C[C@H]21. The fourth-order valence-corrected chi connectivity index (χ4v) is 5.03. The molecule has 138 valence electrons. The molecule has 2 aromatic rings. The summed E-state index contributed by atoms with van der Waals surface area (Å²) in [6.07, 6.45) is 0.350. The average molecular weight is 363 g/mol. The van der Waals surface area contributed by atoms with Crippen LogP contribution in [0.4, 0.5) is 4.79 Å². The lowest BCUT2D eigenvalue weighted by atomic mass is 9.67. The molecule has 1 amide bonds. The number of hydrogen-bond acceptors (Lipinski definition) is 3. The van der Waals surface area contributed by atoms with Crippen LogP contribution in [0.3, 0.4) is 0 Å². The largest absolute Gasteiger partial charge is 0.481 e. The molecule has 2 aromatic carbocycles. The van der Waals surface area contributed by atoms with Gasteiger partial charge >= 0.3 is 12.1 Å². The van der Waals surface area contributed by atoms with Crippen LogP contribution in [0.5, 0.6) is 0 Å². The first-order valence-corrected chi connectivity index (χ1v) is 9.46. The van der Waals surface area contributed by atoms with E-state index in [-0.39, 0.29) is 23.8 Å². The Morgan fingerprint density at radius 1 is 1.00 bits per heavy atom. The second-order valence-electron chi connectivity index (χ2n) is 7.81. The van der Waals surface area contributed by atoms with Crippen LogP contribution in [0.15, 0.2) is 48.5 Å². The zero-order valence-electron chi connectivity index (χ0n) is 14.9. The highest BCUT2D eigenvalue weighted by Gasteiger charge is 2.51. The number of fused-ring (bicyclic) bond motifs is 4. The van der Waals surface area contributed by atoms with E-state index in [1.165, 1.54) is 22.3 Å². The normalized spacial score (nSPS) is 25.3. The minimum Gasteiger partial charge on any atom is -0.481 e. The Morgan fingerprint density at radius 2 is 1.63 bits per heavy atom. The number of amides is 1. The maximum Gasteiger partial charge on any atom is 0.409 e. The summed E-state index contributed by atoms with van der Waals surface area (Å²) in [5.41, 5.74) is 4.80. The summed E-state index contributed by atoms with van der Waals surface area (Å²) in [6.45, 7) is 1.42. The highest BCUT2D eigenvalue weighted by Crippen LogP contribution is 2.47. The zero-order valence-corrected chi connectivity index (χ0v) is 14.9. The van der Waals surface area contributed by atoms with Gasteiger partial charge in [-0.3, -0.25) is 4.79 Å². The quantitative estimate of drug-likeness (QED) is 0.905. The number of benzene rings is 2. The van der Waals surface area contributed by atoms with E-state index < -0.39 is 5.97 Å². The van der Waals surface area contributed by atoms with Gasteiger partial charge in [-0.15, -0.1) is 0 Å². The van der Waals surface area contributed by atoms with E-state index in [0.29, 0.717) is 32.0 Å². The van der Waals surface area contributed by atoms with Crippen LogP contribution in [0.1, 0.15) is 23.5 Å². The standard InChI is InChI=1S/C22H21NO4/c24-21(25)18-9-13-10-23(11-19(13)18)22(26)27-12-20-16-7-3-1-5-14(16)15-6-2-4-8-17(15)20/h1-8,13,18-20H,9-12H2,(H,24,25)/t13-,18+,19+/m0/s1. The molecule has 5 rings (SSSR count). The molecule has 5 nitrogen and oxygen atoms in total. The monoisotopic (exact) mass is 363 g/mol. The molecule has 2 aliphatic carbocycles. The number of carboxylic acid groups (broad SMARTS) is 1. The molecular formula is C22H21NO4. The Balaban J connectivity index is 1.28. The number of ether oxygens (including phenoxy) is 1. The van der Waals surface area contributed by atoms with Crippen molar-refractivity contribution < 1.29 is 19.4 Å². The van der Waals surface area contributed by atoms with Gasteiger partial charge < -0.3 is 14.7 Å². The highest BCUT2D eigenvalue weighted by molar-refractivity contribution is 5.79. The number of hydrogen-bond donors (Lipinski definition) is 1. The summed E-state index contributed by atoms with van der Waals surface area (Å²) in [6, 6.07) is 16.5. The lowest BCUT2D eigenvalue weighted by molar-refractivity contribution is -0.149. The summed E-state index contributed by atoms with van der Waals surface area (Å²) < 4.78 is 5.68. The molecule has 1 heterocycles. The molecule has 3 atom stereocenters. The fourth-order valence-electron chi connectivity index (χ4n) is 5.03. The van der Waals surface area contributed by atoms with Gasteiger partial charge in [0.15, 0.2) is 0 Å². The minimum absolute atomic E-state index is 0.0486. The van der Waals surface area contributed by atoms with Crippen LogP contribution < -0.4 is 0 Å². The summed E-state index contributed by atoms with van der Waals surface area (Å²) in [4.78, 5) is 25.5. The van der Waals surface area contributed by atoms with E-state index in [2.05, 4.69) is 24.3 Å². The molecule has 0 unspecified atom stereocenters. The van der Waals surface area contributed by atoms with E-state index >= 15 is 0 Å². The van der Waals surface area contributed by atoms with E-state index in [0.717, 1.165) is 0 Å². The summed E-state index contributed by atoms with van der Waals surface area (Å²) in [5, 5.41) is 9.20. The summed E-state index contributed by atoms with van der Waals surface area (Å²) >= 11 is 0. The van der Waals surface area contributed by atoms with Gasteiger partial charge in [-0.2, -0.15) is 0 Å². The van der Waals surface area contributed by atoms with Crippen LogP contribution in [0.2, 0.25) is 0 Å². The number of rotatable bonds is 3. The number of carbonyl (C=O) groups excluding carboxylic acids is 1. The van der Waals surface area contributed by atoms with Crippen molar-refractivity contribution in [3.63, 3.8) is 0 Å². The predicted octanol–water partition coefficient (Wildman–Crippen LogP) is 3.59. The van der Waals surface area contributed by atoms with Crippen molar-refractivity contribution in [1.82, 2.24) is 4.90 Å². The molecular weight excluding hydrogens is 342 g/mol. The van der Waals surface area contributed by atoms with Crippen LogP contribution in [0.25, 0.3) is 11.1 Å². The molecule has 3 aliphatic rings. The second-order valence-corrected chi connectivity index (χ2v) is 7.81. The maximum absolute atomic E-state index is 12.6. The first-order valence-electron chi connectivity index (χ1n) is 9.46. The topological polar surface area (TPSA) is 66.8 Å². The van der Waals surface area contributed by atoms with Gasteiger partial charge in [0.05, 0.1) is 5.92 Å². The van der Waals surface area contributed by atoms with E-state index in [4.69, 9.17) is 4.74 Å². The maximum atomic E-state index is 12.6. The van der Waals surface area contributed by atoms with Crippen molar-refractivity contribution in [3.05, 3.63) is 59.7 Å². The van der Waals surface area contributed by atoms with E-state index in [1.54, 1.807) is 4.90 Å². The smallest absolute Gasteiger partial charge is 0.409 e. The van der Waals surface area contributed by atoms with Crippen molar-refractivity contribution in [1.29, 1.82) is 0 Å². The molecule has 1 saturated heterocycles. The molecule has 2 fully saturated rings. The van der Waals surface area contributed by atoms with Crippen molar-refractivity contribution in [2.24, 2.45) is 17.8 Å². The Hall–Kier alpha value is -2.82. The van der Waals surface area contributed by atoms with Crippen LogP contribution in [-0.4, -0.2) is 41.8 Å². The Kier molecular flexibility index (Phi) is 3.71. The number of aliphatic carboxylic acids is 1. The zero-order chi connectivity index (χ0) is 18.5. The first kappa shape index (κ1) is 16.4. The van der Waals surface area contributed by atoms with Gasteiger partial charge in [-0.1, -0.05) is 48.5 Å². The molecule has 0 bridgehead atoms. The van der Waals surface area contributed by atoms with E-state index in [1.807, 2.05) is 24.3 Å². The molecule has 0 spiro atoms. The number of carboxylic acids is 1. The third-order valence-corrected chi connectivity index (χ3v) is 6.48. The number of carbonyl (C=O) groups is 2. The molecule has 1 aliphatic heterocycles. The Morgan fingerprint density at radius 3 is 2.26 bits per heavy atom. The van der Waals surface area contributed by atoms with Crippen molar-refractivity contribution in [3.8, 4) is 11.1 Å². The van der Waals surface area contributed by atoms with Crippen LogP contribution in [0, 0.1) is 17.8 Å². The van der Waals surface area contributed by atoms with Crippen LogP contribution >= 0.6 is 0 Å². The van der Waals surface area contributed by atoms with Crippen molar-refractivity contribution in [2.45, 2.75) is 12.3 Å². The molecule has 0 aromatic heterocycles. The third-order valence-electron chi connectivity index (χ3n) is 6.48. The van der Waals surface area contributed by atoms with Gasteiger partial charge in [0.1, 0.15) is 6.61 Å². The summed E-state index contributed by atoms with van der Waals surface area (Å²) in [5.74, 6) is -0.603. The van der Waals surface area contributed by atoms with Crippen molar-refractivity contribution >= 4 is 12.1 Å². The van der Waals surface area contributed by atoms with Crippen molar-refractivity contribution in [2.75, 3.05) is 19.7 Å². The van der Waals surface area contributed by atoms with Gasteiger partial charge in [-0.05, 0) is 40.5 Å². The summed E-state index contributed by atoms with van der Waals surface area (Å²) in [7, 11) is 0. The van der Waals surface area contributed by atoms with Gasteiger partial charge in [0.2, 0.25) is 0 Å². The minimum atomic E-state index is -0.745. The highest BCUT2D eigenvalue weighted by atomic mass is 16.6. The predicted molar refractivity (Wildman–Crippen MR) is 99.4 cm³/mol. The van der Waals surface area contributed by atoms with Crippen LogP contribution in [-0.2, 0) is 9.53 Å². The first-order chi connectivity index (χ1) is 13.1. The Bertz CT molecular complexity index is 879. The lowest BCUT2D eigenvalue weighted by Gasteiger charge is -2.35. The average Bonchev–Trinajstić information content (AvgIpc) is 3.15. The Labute approximate surface area is 157 Å². The number of likely N-dealkylation sites (tertiary alicyclic amines) is 1. The lowest BCUT2D eigenvalue weighted by Crippen LogP contribution is -2.40. The molecule has 0 radical (unpaired) electrons. The fraction of sp³-hybridized carbons (Fsp3) is 0.364. The molecule has 1 N–H and O–H groups in total. The number of nitrogens with zero attached hydrogens (tertiary/aromatic N) is 1.